The third kappa shape index (κ3) is 1.57. The number of hydrogen-bond donors (Lipinski definition) is 1. The maximum atomic E-state index is 13.2. The van der Waals surface area contributed by atoms with Gasteiger partial charge in [0.15, 0.2) is 5.78 Å². The molecule has 0 amide bonds. The van der Waals surface area contributed by atoms with Crippen molar-refractivity contribution in [2.24, 2.45) is 11.3 Å². The number of nitrogens with one attached hydrogen (secondary N) is 1. The van der Waals surface area contributed by atoms with Crippen LogP contribution in [0.2, 0.25) is 0 Å². The van der Waals surface area contributed by atoms with Crippen LogP contribution in [0.3, 0.4) is 0 Å². The Bertz CT molecular complexity index is 612. The number of carbonyl (C=O) groups excluding carboxylic acids is 1. The van der Waals surface area contributed by atoms with Gasteiger partial charge in [-0.1, -0.05) is 13.8 Å². The molecule has 1 aromatic carbocycles. The third-order valence-corrected chi connectivity index (χ3v) is 3.74. The molecule has 3 heteroatoms. The number of Topliss-reactive ketones (excluding diaryl/α,β-unsaturated/α-hetero) is 1. The van der Waals surface area contributed by atoms with E-state index < -0.39 is 0 Å². The molecule has 2 nitrogen and oxygen atoms in total. The first-order valence-corrected chi connectivity index (χ1v) is 5.80. The Morgan fingerprint density at radius 1 is 1.47 bits per heavy atom. The van der Waals surface area contributed by atoms with Crippen LogP contribution in [0.15, 0.2) is 24.4 Å². The smallest absolute Gasteiger partial charge is 0.168 e. The van der Waals surface area contributed by atoms with E-state index in [1.165, 1.54) is 12.1 Å². The summed E-state index contributed by atoms with van der Waals surface area (Å²) in [7, 11) is 0. The molecule has 1 aromatic heterocycles. The molecule has 1 heterocycles. The highest BCUT2D eigenvalue weighted by Gasteiger charge is 2.50. The van der Waals surface area contributed by atoms with E-state index >= 15 is 0 Å². The molecule has 88 valence electrons. The molecule has 1 fully saturated rings. The molecule has 17 heavy (non-hydrogen) atoms. The van der Waals surface area contributed by atoms with Gasteiger partial charge in [0.1, 0.15) is 5.82 Å². The van der Waals surface area contributed by atoms with Gasteiger partial charge in [0, 0.05) is 28.6 Å². The third-order valence-electron chi connectivity index (χ3n) is 3.74. The molecule has 3 rings (SSSR count). The van der Waals surface area contributed by atoms with Crippen LogP contribution in [-0.2, 0) is 0 Å². The molecule has 0 saturated heterocycles. The van der Waals surface area contributed by atoms with Gasteiger partial charge in [-0.2, -0.15) is 0 Å². The first kappa shape index (κ1) is 10.5. The number of aromatic nitrogens is 1. The van der Waals surface area contributed by atoms with Crippen LogP contribution in [-0.4, -0.2) is 10.8 Å². The van der Waals surface area contributed by atoms with Crippen LogP contribution < -0.4 is 0 Å². The summed E-state index contributed by atoms with van der Waals surface area (Å²) < 4.78 is 13.2. The van der Waals surface area contributed by atoms with Crippen molar-refractivity contribution in [1.29, 1.82) is 0 Å². The van der Waals surface area contributed by atoms with E-state index in [9.17, 15) is 9.18 Å². The van der Waals surface area contributed by atoms with Crippen molar-refractivity contribution in [3.63, 3.8) is 0 Å². The molecular formula is C14H14FNO. The predicted octanol–water partition coefficient (Wildman–Crippen LogP) is 3.54. The van der Waals surface area contributed by atoms with Gasteiger partial charge in [0.25, 0.3) is 0 Å². The summed E-state index contributed by atoms with van der Waals surface area (Å²) >= 11 is 0. The molecule has 0 radical (unpaired) electrons. The topological polar surface area (TPSA) is 32.9 Å². The molecule has 1 aliphatic rings. The lowest BCUT2D eigenvalue weighted by atomic mass is 10.0. The van der Waals surface area contributed by atoms with Crippen LogP contribution >= 0.6 is 0 Å². The van der Waals surface area contributed by atoms with Crippen LogP contribution in [0.25, 0.3) is 10.9 Å². The Morgan fingerprint density at radius 2 is 2.18 bits per heavy atom. The number of benzene rings is 1. The number of H-pyrrole nitrogens is 1. The number of halogens is 1. The van der Waals surface area contributed by atoms with Crippen LogP contribution in [0, 0.1) is 17.2 Å². The summed E-state index contributed by atoms with van der Waals surface area (Å²) in [5.41, 5.74) is 1.54. The molecule has 2 aromatic rings. The van der Waals surface area contributed by atoms with Gasteiger partial charge in [-0.25, -0.2) is 4.39 Å². The fourth-order valence-corrected chi connectivity index (χ4v) is 2.40. The highest BCUT2D eigenvalue weighted by molar-refractivity contribution is 6.10. The van der Waals surface area contributed by atoms with Crippen molar-refractivity contribution >= 4 is 16.7 Å². The predicted molar refractivity (Wildman–Crippen MR) is 64.5 cm³/mol. The Kier molecular flexibility index (Phi) is 1.97. The first-order chi connectivity index (χ1) is 7.99. The second-order valence-corrected chi connectivity index (χ2v) is 5.50. The molecule has 0 spiro atoms. The monoisotopic (exact) mass is 231 g/mol. The quantitative estimate of drug-likeness (QED) is 0.788. The average Bonchev–Trinajstić information content (AvgIpc) is 2.72. The summed E-state index contributed by atoms with van der Waals surface area (Å²) in [5.74, 6) is -0.0853. The van der Waals surface area contributed by atoms with Gasteiger partial charge < -0.3 is 4.98 Å². The summed E-state index contributed by atoms with van der Waals surface area (Å²) in [6, 6.07) is 4.49. The Morgan fingerprint density at radius 3 is 2.82 bits per heavy atom. The molecule has 1 saturated carbocycles. The number of rotatable bonds is 2. The first-order valence-electron chi connectivity index (χ1n) is 5.80. The van der Waals surface area contributed by atoms with Gasteiger partial charge in [-0.3, -0.25) is 4.79 Å². The minimum Gasteiger partial charge on any atom is -0.360 e. The normalized spacial score (nSPS) is 21.7. The second kappa shape index (κ2) is 3.19. The summed E-state index contributed by atoms with van der Waals surface area (Å²) in [6.45, 7) is 4.18. The average molecular weight is 231 g/mol. The zero-order valence-corrected chi connectivity index (χ0v) is 9.88. The Balaban J connectivity index is 2.06. The van der Waals surface area contributed by atoms with Crippen molar-refractivity contribution in [1.82, 2.24) is 4.98 Å². The number of carbonyl (C=O) groups is 1. The van der Waals surface area contributed by atoms with Gasteiger partial charge in [0.05, 0.1) is 0 Å². The van der Waals surface area contributed by atoms with Gasteiger partial charge in [0.2, 0.25) is 0 Å². The van der Waals surface area contributed by atoms with E-state index in [1.54, 1.807) is 12.3 Å². The number of ketones is 1. The number of fused-ring (bicyclic) bond motifs is 1. The fraction of sp³-hybridized carbons (Fsp3) is 0.357. The van der Waals surface area contributed by atoms with Crippen molar-refractivity contribution < 1.29 is 9.18 Å². The van der Waals surface area contributed by atoms with Crippen molar-refractivity contribution in [3.05, 3.63) is 35.8 Å². The van der Waals surface area contributed by atoms with Crippen LogP contribution in [0.5, 0.6) is 0 Å². The summed E-state index contributed by atoms with van der Waals surface area (Å²) in [4.78, 5) is 15.3. The highest BCUT2D eigenvalue weighted by Crippen LogP contribution is 2.53. The second-order valence-electron chi connectivity index (χ2n) is 5.50. The number of hydrogen-bond acceptors (Lipinski definition) is 1. The highest BCUT2D eigenvalue weighted by atomic mass is 19.1. The van der Waals surface area contributed by atoms with E-state index in [4.69, 9.17) is 0 Å². The van der Waals surface area contributed by atoms with Gasteiger partial charge in [-0.15, -0.1) is 0 Å². The van der Waals surface area contributed by atoms with E-state index in [0.717, 1.165) is 11.9 Å². The molecule has 1 unspecified atom stereocenters. The Labute approximate surface area is 98.8 Å². The number of aromatic amines is 1. The lowest BCUT2D eigenvalue weighted by molar-refractivity contribution is 0.0955. The molecule has 0 bridgehead atoms. The zero-order chi connectivity index (χ0) is 12.2. The lowest BCUT2D eigenvalue weighted by Gasteiger charge is -2.01. The minimum absolute atomic E-state index is 0.0877. The minimum atomic E-state index is -0.304. The Hall–Kier alpha value is -1.64. The lowest BCUT2D eigenvalue weighted by Crippen LogP contribution is -2.05. The molecule has 1 aliphatic carbocycles. The molecular weight excluding hydrogens is 217 g/mol. The van der Waals surface area contributed by atoms with Crippen molar-refractivity contribution in [2.75, 3.05) is 0 Å². The van der Waals surface area contributed by atoms with E-state index in [1.807, 2.05) is 0 Å². The maximum absolute atomic E-state index is 13.2. The van der Waals surface area contributed by atoms with Crippen molar-refractivity contribution in [2.45, 2.75) is 20.3 Å². The maximum Gasteiger partial charge on any atom is 0.168 e. The van der Waals surface area contributed by atoms with Crippen molar-refractivity contribution in [3.8, 4) is 0 Å². The van der Waals surface area contributed by atoms with Crippen LogP contribution in [0.1, 0.15) is 30.6 Å². The van der Waals surface area contributed by atoms with Crippen LogP contribution in [0.4, 0.5) is 4.39 Å². The van der Waals surface area contributed by atoms with E-state index in [2.05, 4.69) is 18.8 Å². The SMILES string of the molecule is CC1(C)CC1C(=O)c1c[nH]c2ccc(F)cc12. The van der Waals surface area contributed by atoms with Gasteiger partial charge in [-0.05, 0) is 30.0 Å². The fourth-order valence-electron chi connectivity index (χ4n) is 2.40. The largest absolute Gasteiger partial charge is 0.360 e. The zero-order valence-electron chi connectivity index (χ0n) is 9.88. The van der Waals surface area contributed by atoms with E-state index in [-0.39, 0.29) is 22.9 Å². The van der Waals surface area contributed by atoms with Gasteiger partial charge >= 0.3 is 0 Å². The summed E-state index contributed by atoms with van der Waals surface area (Å²) in [6.07, 6.45) is 2.62. The van der Waals surface area contributed by atoms with E-state index in [0.29, 0.717) is 10.9 Å². The molecule has 1 atom stereocenters. The standard InChI is InChI=1S/C14H14FNO/c1-14(2)6-11(14)13(17)10-7-16-12-4-3-8(15)5-9(10)12/h3-5,7,11,16H,6H2,1-2H3. The molecule has 1 N–H and O–H groups in total. The summed E-state index contributed by atoms with van der Waals surface area (Å²) in [5, 5.41) is 0.692. The molecule has 0 aliphatic heterocycles.